The molecule has 1 atom stereocenters. The van der Waals surface area contributed by atoms with Gasteiger partial charge in [0.15, 0.2) is 0 Å². The summed E-state index contributed by atoms with van der Waals surface area (Å²) in [6.45, 7) is 4.67. The van der Waals surface area contributed by atoms with E-state index in [0.29, 0.717) is 19.5 Å². The Morgan fingerprint density at radius 1 is 1.14 bits per heavy atom. The van der Waals surface area contributed by atoms with Gasteiger partial charge in [-0.2, -0.15) is 0 Å². The van der Waals surface area contributed by atoms with Gasteiger partial charge in [0.05, 0.1) is 7.11 Å². The van der Waals surface area contributed by atoms with E-state index in [2.05, 4.69) is 10.6 Å². The molecule has 0 saturated heterocycles. The maximum absolute atomic E-state index is 11.8. The van der Waals surface area contributed by atoms with Gasteiger partial charge in [-0.3, -0.25) is 9.59 Å². The van der Waals surface area contributed by atoms with Gasteiger partial charge in [0.25, 0.3) is 0 Å². The molecule has 0 aromatic heterocycles. The van der Waals surface area contributed by atoms with Gasteiger partial charge in [-0.15, -0.1) is 0 Å². The molecule has 0 spiro atoms. The summed E-state index contributed by atoms with van der Waals surface area (Å²) < 4.78 is 5.11. The Balaban J connectivity index is 2.28. The van der Waals surface area contributed by atoms with Crippen LogP contribution in [0.4, 0.5) is 0 Å². The smallest absolute Gasteiger partial charge is 0.220 e. The molecule has 0 heterocycles. The minimum atomic E-state index is -0.0468. The Labute approximate surface area is 126 Å². The van der Waals surface area contributed by atoms with E-state index in [4.69, 9.17) is 4.74 Å². The summed E-state index contributed by atoms with van der Waals surface area (Å²) >= 11 is 0. The molecule has 1 rings (SSSR count). The molecule has 21 heavy (non-hydrogen) atoms. The van der Waals surface area contributed by atoms with E-state index in [1.807, 2.05) is 31.2 Å². The van der Waals surface area contributed by atoms with E-state index in [-0.39, 0.29) is 17.7 Å². The lowest BCUT2D eigenvalue weighted by Gasteiger charge is -2.12. The summed E-state index contributed by atoms with van der Waals surface area (Å²) in [5.41, 5.74) is 1.11. The summed E-state index contributed by atoms with van der Waals surface area (Å²) in [6, 6.07) is 7.76. The van der Waals surface area contributed by atoms with Gasteiger partial charge in [0, 0.05) is 26.4 Å². The number of rotatable bonds is 8. The molecule has 0 bridgehead atoms. The fourth-order valence-electron chi connectivity index (χ4n) is 1.98. The highest BCUT2D eigenvalue weighted by Gasteiger charge is 2.11. The third-order valence-electron chi connectivity index (χ3n) is 3.23. The first-order valence-corrected chi connectivity index (χ1v) is 7.18. The van der Waals surface area contributed by atoms with Crippen LogP contribution in [0.2, 0.25) is 0 Å². The van der Waals surface area contributed by atoms with Crippen LogP contribution in [0.1, 0.15) is 38.2 Å². The van der Waals surface area contributed by atoms with Crippen LogP contribution in [-0.2, 0) is 9.59 Å². The molecule has 0 radical (unpaired) electrons. The second kappa shape index (κ2) is 9.00. The second-order valence-corrected chi connectivity index (χ2v) is 5.06. The van der Waals surface area contributed by atoms with Gasteiger partial charge in [-0.25, -0.2) is 0 Å². The number of benzene rings is 1. The minimum Gasteiger partial charge on any atom is -0.497 e. The van der Waals surface area contributed by atoms with Crippen molar-refractivity contribution in [3.8, 4) is 5.75 Å². The molecular weight excluding hydrogens is 268 g/mol. The number of amides is 2. The molecule has 2 N–H and O–H groups in total. The van der Waals surface area contributed by atoms with Gasteiger partial charge >= 0.3 is 0 Å². The molecule has 0 aliphatic heterocycles. The van der Waals surface area contributed by atoms with E-state index >= 15 is 0 Å². The molecular formula is C16H24N2O3. The maximum Gasteiger partial charge on any atom is 0.220 e. The van der Waals surface area contributed by atoms with Crippen LogP contribution >= 0.6 is 0 Å². The Kier molecular flexibility index (Phi) is 7.29. The van der Waals surface area contributed by atoms with Crippen molar-refractivity contribution in [3.05, 3.63) is 29.8 Å². The molecule has 1 aromatic rings. The van der Waals surface area contributed by atoms with Gasteiger partial charge in [0.2, 0.25) is 11.8 Å². The zero-order valence-corrected chi connectivity index (χ0v) is 12.9. The van der Waals surface area contributed by atoms with Crippen molar-refractivity contribution in [2.24, 2.45) is 0 Å². The van der Waals surface area contributed by atoms with Crippen molar-refractivity contribution in [1.82, 2.24) is 10.6 Å². The summed E-state index contributed by atoms with van der Waals surface area (Å²) in [6.07, 6.45) is 1.19. The Hall–Kier alpha value is -2.04. The number of hydrogen-bond donors (Lipinski definition) is 2. The highest BCUT2D eigenvalue weighted by atomic mass is 16.5. The summed E-state index contributed by atoms with van der Waals surface area (Å²) in [5, 5.41) is 5.56. The van der Waals surface area contributed by atoms with Crippen LogP contribution in [0, 0.1) is 0 Å². The Bertz CT molecular complexity index is 457. The number of nitrogens with one attached hydrogen (secondary N) is 2. The van der Waals surface area contributed by atoms with Crippen LogP contribution in [0.25, 0.3) is 0 Å². The highest BCUT2D eigenvalue weighted by molar-refractivity contribution is 5.76. The molecule has 5 heteroatoms. The molecule has 1 aromatic carbocycles. The zero-order valence-electron chi connectivity index (χ0n) is 12.9. The minimum absolute atomic E-state index is 0.0288. The molecule has 0 saturated carbocycles. The fourth-order valence-corrected chi connectivity index (χ4v) is 1.98. The first-order valence-electron chi connectivity index (χ1n) is 7.18. The first-order chi connectivity index (χ1) is 10.0. The van der Waals surface area contributed by atoms with E-state index in [0.717, 1.165) is 17.7 Å². The maximum atomic E-state index is 11.8. The SMILES string of the molecule is COc1ccc(C(C)CC(=O)NCCCNC(C)=O)cc1. The largest absolute Gasteiger partial charge is 0.497 e. The van der Waals surface area contributed by atoms with E-state index in [9.17, 15) is 9.59 Å². The second-order valence-electron chi connectivity index (χ2n) is 5.06. The number of carbonyl (C=O) groups excluding carboxylic acids is 2. The summed E-state index contributed by atoms with van der Waals surface area (Å²) in [7, 11) is 1.63. The van der Waals surface area contributed by atoms with Crippen LogP contribution < -0.4 is 15.4 Å². The lowest BCUT2D eigenvalue weighted by Crippen LogP contribution is -2.29. The van der Waals surface area contributed by atoms with Crippen LogP contribution in [0.3, 0.4) is 0 Å². The van der Waals surface area contributed by atoms with E-state index in [1.165, 1.54) is 6.92 Å². The molecule has 0 fully saturated rings. The standard InChI is InChI=1S/C16H24N2O3/c1-12(14-5-7-15(21-3)8-6-14)11-16(20)18-10-4-9-17-13(2)19/h5-8,12H,4,9-11H2,1-3H3,(H,17,19)(H,18,20). The topological polar surface area (TPSA) is 67.4 Å². The van der Waals surface area contributed by atoms with Crippen molar-refractivity contribution >= 4 is 11.8 Å². The molecule has 0 aliphatic rings. The summed E-state index contributed by atoms with van der Waals surface area (Å²) in [4.78, 5) is 22.5. The number of ether oxygens (including phenoxy) is 1. The molecule has 116 valence electrons. The lowest BCUT2D eigenvalue weighted by atomic mass is 9.97. The van der Waals surface area contributed by atoms with Crippen molar-refractivity contribution in [3.63, 3.8) is 0 Å². The van der Waals surface area contributed by atoms with E-state index < -0.39 is 0 Å². The third-order valence-corrected chi connectivity index (χ3v) is 3.23. The van der Waals surface area contributed by atoms with Crippen LogP contribution in [-0.4, -0.2) is 32.0 Å². The monoisotopic (exact) mass is 292 g/mol. The van der Waals surface area contributed by atoms with Gasteiger partial charge < -0.3 is 15.4 Å². The number of carbonyl (C=O) groups is 2. The normalized spacial score (nSPS) is 11.6. The first kappa shape index (κ1) is 17.0. The highest BCUT2D eigenvalue weighted by Crippen LogP contribution is 2.21. The van der Waals surface area contributed by atoms with E-state index in [1.54, 1.807) is 7.11 Å². The van der Waals surface area contributed by atoms with Crippen molar-refractivity contribution < 1.29 is 14.3 Å². The average Bonchev–Trinajstić information content (AvgIpc) is 2.46. The molecule has 5 nitrogen and oxygen atoms in total. The van der Waals surface area contributed by atoms with Crippen molar-refractivity contribution in [2.75, 3.05) is 20.2 Å². The van der Waals surface area contributed by atoms with Crippen LogP contribution in [0.5, 0.6) is 5.75 Å². The zero-order chi connectivity index (χ0) is 15.7. The van der Waals surface area contributed by atoms with Gasteiger partial charge in [-0.05, 0) is 30.0 Å². The Morgan fingerprint density at radius 2 is 1.76 bits per heavy atom. The number of hydrogen-bond acceptors (Lipinski definition) is 3. The molecule has 1 unspecified atom stereocenters. The predicted octanol–water partition coefficient (Wildman–Crippen LogP) is 1.83. The third kappa shape index (κ3) is 6.79. The molecule has 2 amide bonds. The average molecular weight is 292 g/mol. The predicted molar refractivity (Wildman–Crippen MR) is 82.3 cm³/mol. The number of methoxy groups -OCH3 is 1. The Morgan fingerprint density at radius 3 is 2.33 bits per heavy atom. The van der Waals surface area contributed by atoms with Crippen LogP contribution in [0.15, 0.2) is 24.3 Å². The lowest BCUT2D eigenvalue weighted by molar-refractivity contribution is -0.121. The van der Waals surface area contributed by atoms with Gasteiger partial charge in [0.1, 0.15) is 5.75 Å². The van der Waals surface area contributed by atoms with Crippen molar-refractivity contribution in [2.45, 2.75) is 32.6 Å². The van der Waals surface area contributed by atoms with Gasteiger partial charge in [-0.1, -0.05) is 19.1 Å². The quantitative estimate of drug-likeness (QED) is 0.718. The molecule has 0 aliphatic carbocycles. The fraction of sp³-hybridized carbons (Fsp3) is 0.500. The van der Waals surface area contributed by atoms with Crippen molar-refractivity contribution in [1.29, 1.82) is 0 Å². The summed E-state index contributed by atoms with van der Waals surface area (Å²) in [5.74, 6) is 0.954.